The molecule has 1 saturated carbocycles. The van der Waals surface area contributed by atoms with Gasteiger partial charge in [0.25, 0.3) is 0 Å². The Kier molecular flexibility index (Phi) is 6.26. The molecule has 0 saturated heterocycles. The summed E-state index contributed by atoms with van der Waals surface area (Å²) < 4.78 is 0. The van der Waals surface area contributed by atoms with Gasteiger partial charge in [-0.1, -0.05) is 19.8 Å². The van der Waals surface area contributed by atoms with Crippen LogP contribution in [0.25, 0.3) is 0 Å². The Labute approximate surface area is 119 Å². The van der Waals surface area contributed by atoms with Crippen molar-refractivity contribution >= 4 is 12.0 Å². The van der Waals surface area contributed by atoms with Gasteiger partial charge in [-0.05, 0) is 32.1 Å². The molecule has 0 aromatic heterocycles. The van der Waals surface area contributed by atoms with Gasteiger partial charge in [-0.15, -0.1) is 0 Å². The molecule has 0 bridgehead atoms. The van der Waals surface area contributed by atoms with Crippen LogP contribution in [-0.2, 0) is 4.79 Å². The predicted molar refractivity (Wildman–Crippen MR) is 75.4 cm³/mol. The fourth-order valence-corrected chi connectivity index (χ4v) is 2.53. The Balaban J connectivity index is 2.30. The van der Waals surface area contributed by atoms with Crippen molar-refractivity contribution < 1.29 is 19.8 Å². The van der Waals surface area contributed by atoms with Gasteiger partial charge < -0.3 is 20.8 Å². The van der Waals surface area contributed by atoms with Crippen LogP contribution in [0, 0.1) is 5.92 Å². The van der Waals surface area contributed by atoms with Gasteiger partial charge in [0.05, 0.1) is 12.0 Å². The summed E-state index contributed by atoms with van der Waals surface area (Å²) in [6, 6.07) is -0.167. The second kappa shape index (κ2) is 7.47. The number of rotatable bonds is 5. The summed E-state index contributed by atoms with van der Waals surface area (Å²) in [6.07, 6.45) is 4.98. The van der Waals surface area contributed by atoms with Crippen LogP contribution in [0.2, 0.25) is 0 Å². The molecule has 3 unspecified atom stereocenters. The zero-order valence-electron chi connectivity index (χ0n) is 12.3. The number of aliphatic carboxylic acids is 1. The summed E-state index contributed by atoms with van der Waals surface area (Å²) in [7, 11) is 0. The van der Waals surface area contributed by atoms with Gasteiger partial charge >= 0.3 is 12.0 Å². The lowest BCUT2D eigenvalue weighted by Gasteiger charge is -2.23. The Morgan fingerprint density at radius 3 is 2.60 bits per heavy atom. The van der Waals surface area contributed by atoms with E-state index in [1.54, 1.807) is 0 Å². The molecule has 0 radical (unpaired) electrons. The van der Waals surface area contributed by atoms with Crippen molar-refractivity contribution in [1.29, 1.82) is 0 Å². The molecule has 0 heterocycles. The molecule has 1 fully saturated rings. The van der Waals surface area contributed by atoms with E-state index in [0.29, 0.717) is 5.92 Å². The van der Waals surface area contributed by atoms with Crippen LogP contribution in [0.4, 0.5) is 4.79 Å². The van der Waals surface area contributed by atoms with Crippen molar-refractivity contribution in [3.05, 3.63) is 0 Å². The number of hydrogen-bond donors (Lipinski definition) is 4. The smallest absolute Gasteiger partial charge is 0.315 e. The predicted octanol–water partition coefficient (Wildman–Crippen LogP) is 1.48. The van der Waals surface area contributed by atoms with E-state index in [1.165, 1.54) is 13.3 Å². The maximum absolute atomic E-state index is 11.8. The first-order chi connectivity index (χ1) is 9.28. The second-order valence-corrected chi connectivity index (χ2v) is 6.20. The van der Waals surface area contributed by atoms with E-state index >= 15 is 0 Å². The van der Waals surface area contributed by atoms with E-state index in [-0.39, 0.29) is 18.6 Å². The summed E-state index contributed by atoms with van der Waals surface area (Å²) in [5.74, 6) is -0.379. The molecule has 20 heavy (non-hydrogen) atoms. The molecule has 1 aliphatic rings. The maximum Gasteiger partial charge on any atom is 0.315 e. The topological polar surface area (TPSA) is 98.7 Å². The van der Waals surface area contributed by atoms with Crippen LogP contribution in [0.1, 0.15) is 52.4 Å². The molecular weight excluding hydrogens is 260 g/mol. The van der Waals surface area contributed by atoms with Crippen LogP contribution >= 0.6 is 0 Å². The van der Waals surface area contributed by atoms with Gasteiger partial charge in [0.1, 0.15) is 0 Å². The van der Waals surface area contributed by atoms with Crippen molar-refractivity contribution in [3.8, 4) is 0 Å². The minimum absolute atomic E-state index is 0.0751. The highest BCUT2D eigenvalue weighted by Crippen LogP contribution is 2.22. The van der Waals surface area contributed by atoms with Crippen molar-refractivity contribution in [1.82, 2.24) is 10.6 Å². The number of urea groups is 1. The second-order valence-electron chi connectivity index (χ2n) is 6.20. The number of amides is 2. The lowest BCUT2D eigenvalue weighted by Crippen LogP contribution is -2.48. The Morgan fingerprint density at radius 1 is 1.25 bits per heavy atom. The highest BCUT2D eigenvalue weighted by molar-refractivity contribution is 5.74. The molecule has 6 nitrogen and oxygen atoms in total. The SMILES string of the molecule is CC1CCCC(NC(=O)NCC(C)(O)CC(=O)O)CC1. The zero-order valence-corrected chi connectivity index (χ0v) is 12.3. The van der Waals surface area contributed by atoms with Crippen molar-refractivity contribution in [3.63, 3.8) is 0 Å². The van der Waals surface area contributed by atoms with Crippen molar-refractivity contribution in [2.24, 2.45) is 5.92 Å². The van der Waals surface area contributed by atoms with Gasteiger partial charge in [0, 0.05) is 12.6 Å². The van der Waals surface area contributed by atoms with Gasteiger partial charge in [-0.3, -0.25) is 4.79 Å². The Morgan fingerprint density at radius 2 is 1.95 bits per heavy atom. The first-order valence-electron chi connectivity index (χ1n) is 7.27. The number of nitrogens with one attached hydrogen (secondary N) is 2. The first kappa shape index (κ1) is 16.8. The maximum atomic E-state index is 11.8. The normalized spacial score (nSPS) is 26.1. The highest BCUT2D eigenvalue weighted by atomic mass is 16.4. The molecule has 0 aromatic rings. The molecule has 3 atom stereocenters. The summed E-state index contributed by atoms with van der Waals surface area (Å²) in [6.45, 7) is 3.55. The van der Waals surface area contributed by atoms with E-state index in [1.807, 2.05) is 0 Å². The highest BCUT2D eigenvalue weighted by Gasteiger charge is 2.25. The van der Waals surface area contributed by atoms with Gasteiger partial charge in [-0.2, -0.15) is 0 Å². The summed E-state index contributed by atoms with van der Waals surface area (Å²) in [5, 5.41) is 23.9. The fraction of sp³-hybridized carbons (Fsp3) is 0.857. The molecule has 4 N–H and O–H groups in total. The summed E-state index contributed by atoms with van der Waals surface area (Å²) in [4.78, 5) is 22.3. The zero-order chi connectivity index (χ0) is 15.2. The van der Waals surface area contributed by atoms with E-state index in [4.69, 9.17) is 5.11 Å². The molecule has 2 amide bonds. The number of carboxylic acid groups (broad SMARTS) is 1. The van der Waals surface area contributed by atoms with Crippen LogP contribution in [0.3, 0.4) is 0 Å². The third kappa shape index (κ3) is 6.75. The quantitative estimate of drug-likeness (QED) is 0.575. The third-order valence-corrected chi connectivity index (χ3v) is 3.75. The lowest BCUT2D eigenvalue weighted by atomic mass is 10.0. The molecule has 0 spiro atoms. The molecule has 6 heteroatoms. The standard InChI is InChI=1S/C14H26N2O4/c1-10-4-3-5-11(7-6-10)16-13(19)15-9-14(2,20)8-12(17)18/h10-11,20H,3-9H2,1-2H3,(H,17,18)(H2,15,16,19). The van der Waals surface area contributed by atoms with Crippen molar-refractivity contribution in [2.45, 2.75) is 64.0 Å². The molecule has 116 valence electrons. The lowest BCUT2D eigenvalue weighted by molar-refractivity contribution is -0.141. The molecule has 0 aliphatic heterocycles. The van der Waals surface area contributed by atoms with Crippen LogP contribution in [0.15, 0.2) is 0 Å². The van der Waals surface area contributed by atoms with Crippen LogP contribution in [0.5, 0.6) is 0 Å². The van der Waals surface area contributed by atoms with Crippen LogP contribution < -0.4 is 10.6 Å². The fourth-order valence-electron chi connectivity index (χ4n) is 2.53. The van der Waals surface area contributed by atoms with E-state index in [0.717, 1.165) is 25.7 Å². The minimum Gasteiger partial charge on any atom is -0.481 e. The number of carbonyl (C=O) groups is 2. The average Bonchev–Trinajstić information content (AvgIpc) is 2.51. The molecule has 1 rings (SSSR count). The molecule has 0 aromatic carbocycles. The van der Waals surface area contributed by atoms with Gasteiger partial charge in [0.15, 0.2) is 0 Å². The largest absolute Gasteiger partial charge is 0.481 e. The monoisotopic (exact) mass is 286 g/mol. The van der Waals surface area contributed by atoms with E-state index in [2.05, 4.69) is 17.6 Å². The van der Waals surface area contributed by atoms with Gasteiger partial charge in [0.2, 0.25) is 0 Å². The van der Waals surface area contributed by atoms with Gasteiger partial charge in [-0.25, -0.2) is 4.79 Å². The van der Waals surface area contributed by atoms with Crippen molar-refractivity contribution in [2.75, 3.05) is 6.54 Å². The number of hydrogen-bond acceptors (Lipinski definition) is 3. The molecular formula is C14H26N2O4. The average molecular weight is 286 g/mol. The van der Waals surface area contributed by atoms with Crippen LogP contribution in [-0.4, -0.2) is 40.4 Å². The molecule has 1 aliphatic carbocycles. The number of carboxylic acids is 1. The van der Waals surface area contributed by atoms with E-state index < -0.39 is 18.0 Å². The Bertz CT molecular complexity index is 344. The number of aliphatic hydroxyl groups is 1. The first-order valence-corrected chi connectivity index (χ1v) is 7.27. The summed E-state index contributed by atoms with van der Waals surface area (Å²) in [5.41, 5.74) is -1.43. The minimum atomic E-state index is -1.43. The Hall–Kier alpha value is -1.30. The summed E-state index contributed by atoms with van der Waals surface area (Å²) >= 11 is 0. The van der Waals surface area contributed by atoms with E-state index in [9.17, 15) is 14.7 Å². The third-order valence-electron chi connectivity index (χ3n) is 3.75. The number of carbonyl (C=O) groups excluding carboxylic acids is 1.